The molecule has 0 fully saturated rings. The zero-order valence-electron chi connectivity index (χ0n) is 17.1. The Labute approximate surface area is 187 Å². The minimum absolute atomic E-state index is 0.155. The maximum absolute atomic E-state index is 12.7. The molecule has 2 heterocycles. The zero-order chi connectivity index (χ0) is 22.0. The first-order valence-corrected chi connectivity index (χ1v) is 10.6. The second-order valence-corrected chi connectivity index (χ2v) is 8.22. The molecule has 0 saturated carbocycles. The van der Waals surface area contributed by atoms with Crippen molar-refractivity contribution in [3.05, 3.63) is 81.0 Å². The molecule has 3 aromatic rings. The molecule has 0 saturated heterocycles. The highest BCUT2D eigenvalue weighted by atomic mass is 79.9. The van der Waals surface area contributed by atoms with Gasteiger partial charge in [-0.3, -0.25) is 9.78 Å². The molecule has 1 aliphatic carbocycles. The maximum atomic E-state index is 12.7. The van der Waals surface area contributed by atoms with Crippen LogP contribution in [0, 0.1) is 13.8 Å². The van der Waals surface area contributed by atoms with Gasteiger partial charge in [0.15, 0.2) is 0 Å². The summed E-state index contributed by atoms with van der Waals surface area (Å²) in [6.07, 6.45) is 5.23. The number of ether oxygens (including phenoxy) is 1. The van der Waals surface area contributed by atoms with Crippen LogP contribution >= 0.6 is 15.9 Å². The number of hydrogen-bond acceptors (Lipinski definition) is 6. The Morgan fingerprint density at radius 3 is 2.68 bits per heavy atom. The van der Waals surface area contributed by atoms with Crippen molar-refractivity contribution in [3.8, 4) is 5.75 Å². The van der Waals surface area contributed by atoms with Gasteiger partial charge in [-0.1, -0.05) is 17.7 Å². The Morgan fingerprint density at radius 1 is 1.16 bits per heavy atom. The third-order valence-electron chi connectivity index (χ3n) is 5.00. The molecule has 7 nitrogen and oxygen atoms in total. The van der Waals surface area contributed by atoms with Crippen molar-refractivity contribution >= 4 is 33.5 Å². The highest BCUT2D eigenvalue weighted by Crippen LogP contribution is 2.30. The van der Waals surface area contributed by atoms with E-state index in [1.807, 2.05) is 19.1 Å². The van der Waals surface area contributed by atoms with E-state index in [1.165, 1.54) is 6.20 Å². The zero-order valence-corrected chi connectivity index (χ0v) is 18.7. The minimum Gasteiger partial charge on any atom is -0.453 e. The van der Waals surface area contributed by atoms with E-state index in [-0.39, 0.29) is 11.7 Å². The molecule has 0 spiro atoms. The third kappa shape index (κ3) is 4.59. The second-order valence-electron chi connectivity index (χ2n) is 7.30. The van der Waals surface area contributed by atoms with E-state index in [2.05, 4.69) is 31.4 Å². The summed E-state index contributed by atoms with van der Waals surface area (Å²) in [5.41, 5.74) is 6.13. The number of halogens is 1. The van der Waals surface area contributed by atoms with Gasteiger partial charge in [-0.15, -0.1) is 0 Å². The van der Waals surface area contributed by atoms with Crippen LogP contribution in [0.25, 0.3) is 0 Å². The lowest BCUT2D eigenvalue weighted by atomic mass is 9.93. The van der Waals surface area contributed by atoms with E-state index in [0.717, 1.165) is 17.5 Å². The molecule has 0 unspecified atom stereocenters. The maximum Gasteiger partial charge on any atom is 0.379 e. The Hall–Kier alpha value is -3.26. The summed E-state index contributed by atoms with van der Waals surface area (Å²) in [5, 5.41) is 4.32. The van der Waals surface area contributed by atoms with Crippen LogP contribution in [0.2, 0.25) is 0 Å². The molecular weight excluding hydrogens is 462 g/mol. The van der Waals surface area contributed by atoms with Gasteiger partial charge in [-0.05, 0) is 60.8 Å². The number of benzene rings is 1. The van der Waals surface area contributed by atoms with Crippen LogP contribution in [0.1, 0.15) is 56.2 Å². The van der Waals surface area contributed by atoms with Crippen molar-refractivity contribution in [2.45, 2.75) is 33.1 Å². The van der Waals surface area contributed by atoms with Gasteiger partial charge >= 0.3 is 5.97 Å². The quantitative estimate of drug-likeness (QED) is 0.329. The number of aryl methyl sites for hydroxylation is 2. The standard InChI is InChI=1S/C23H20BrN3O4/c1-13-6-8-17(9-7-13)30-23(29)21-14(2)20-18(4-3-5-19(20)31-21)26-27-22(28)15-10-16(24)12-25-11-15/h6-12H,3-5H2,1-2H3,(H,27,28)/b26-18+. The first-order chi connectivity index (χ1) is 14.9. The van der Waals surface area contributed by atoms with E-state index < -0.39 is 5.97 Å². The predicted molar refractivity (Wildman–Crippen MR) is 118 cm³/mol. The van der Waals surface area contributed by atoms with Gasteiger partial charge in [0.25, 0.3) is 5.91 Å². The fourth-order valence-electron chi connectivity index (χ4n) is 3.45. The number of pyridine rings is 1. The van der Waals surface area contributed by atoms with Crippen molar-refractivity contribution in [1.29, 1.82) is 0 Å². The van der Waals surface area contributed by atoms with E-state index in [1.54, 1.807) is 31.3 Å². The molecule has 2 aromatic heterocycles. The van der Waals surface area contributed by atoms with E-state index >= 15 is 0 Å². The molecule has 8 heteroatoms. The van der Waals surface area contributed by atoms with Crippen LogP contribution in [-0.4, -0.2) is 22.6 Å². The van der Waals surface area contributed by atoms with Gasteiger partial charge in [0, 0.05) is 34.4 Å². The first-order valence-electron chi connectivity index (χ1n) is 9.81. The van der Waals surface area contributed by atoms with Crippen LogP contribution in [-0.2, 0) is 6.42 Å². The highest BCUT2D eigenvalue weighted by molar-refractivity contribution is 9.10. The van der Waals surface area contributed by atoms with Crippen LogP contribution in [0.4, 0.5) is 0 Å². The van der Waals surface area contributed by atoms with Gasteiger partial charge in [-0.25, -0.2) is 10.2 Å². The minimum atomic E-state index is -0.556. The Kier molecular flexibility index (Phi) is 5.99. The SMILES string of the molecule is Cc1ccc(OC(=O)c2oc3c(c2C)/C(=N/NC(=O)c2cncc(Br)c2)CCC3)cc1. The summed E-state index contributed by atoms with van der Waals surface area (Å²) < 4.78 is 12.0. The number of furan rings is 1. The molecule has 1 amide bonds. The molecule has 1 aromatic carbocycles. The number of nitrogens with zero attached hydrogens (tertiary/aromatic N) is 2. The van der Waals surface area contributed by atoms with E-state index in [9.17, 15) is 9.59 Å². The van der Waals surface area contributed by atoms with Crippen LogP contribution in [0.5, 0.6) is 5.75 Å². The van der Waals surface area contributed by atoms with Crippen molar-refractivity contribution in [3.63, 3.8) is 0 Å². The molecule has 0 radical (unpaired) electrons. The van der Waals surface area contributed by atoms with E-state index in [4.69, 9.17) is 9.15 Å². The number of amides is 1. The Balaban J connectivity index is 1.56. The van der Waals surface area contributed by atoms with Crippen molar-refractivity contribution in [1.82, 2.24) is 10.4 Å². The Bertz CT molecular complexity index is 1180. The highest BCUT2D eigenvalue weighted by Gasteiger charge is 2.29. The predicted octanol–water partition coefficient (Wildman–Crippen LogP) is 4.74. The number of hydrogen-bond donors (Lipinski definition) is 1. The average Bonchev–Trinajstić information content (AvgIpc) is 3.11. The third-order valence-corrected chi connectivity index (χ3v) is 5.44. The number of rotatable bonds is 4. The number of esters is 1. The average molecular weight is 482 g/mol. The van der Waals surface area contributed by atoms with Gasteiger partial charge in [0.1, 0.15) is 11.5 Å². The van der Waals surface area contributed by atoms with Gasteiger partial charge in [0.05, 0.1) is 11.3 Å². The van der Waals surface area contributed by atoms with Crippen LogP contribution in [0.15, 0.2) is 56.7 Å². The van der Waals surface area contributed by atoms with Crippen molar-refractivity contribution < 1.29 is 18.7 Å². The van der Waals surface area contributed by atoms with Crippen molar-refractivity contribution in [2.75, 3.05) is 0 Å². The summed E-state index contributed by atoms with van der Waals surface area (Å²) in [6.45, 7) is 3.76. The largest absolute Gasteiger partial charge is 0.453 e. The molecule has 1 N–H and O–H groups in total. The summed E-state index contributed by atoms with van der Waals surface area (Å²) in [6, 6.07) is 8.89. The monoisotopic (exact) mass is 481 g/mol. The molecule has 0 aliphatic heterocycles. The van der Waals surface area contributed by atoms with Crippen LogP contribution < -0.4 is 10.2 Å². The number of carbonyl (C=O) groups excluding carboxylic acids is 2. The molecule has 31 heavy (non-hydrogen) atoms. The number of fused-ring (bicyclic) bond motifs is 1. The summed E-state index contributed by atoms with van der Waals surface area (Å²) >= 11 is 3.30. The molecule has 158 valence electrons. The van der Waals surface area contributed by atoms with Crippen LogP contribution in [0.3, 0.4) is 0 Å². The second kappa shape index (κ2) is 8.85. The molecule has 1 aliphatic rings. The van der Waals surface area contributed by atoms with Gasteiger partial charge in [0.2, 0.25) is 5.76 Å². The number of nitrogens with one attached hydrogen (secondary N) is 1. The lowest BCUT2D eigenvalue weighted by Crippen LogP contribution is -2.22. The normalized spacial score (nSPS) is 14.2. The number of carbonyl (C=O) groups is 2. The lowest BCUT2D eigenvalue weighted by molar-refractivity contribution is 0.0698. The number of aromatic nitrogens is 1. The van der Waals surface area contributed by atoms with E-state index in [0.29, 0.717) is 45.7 Å². The molecular formula is C23H20BrN3O4. The summed E-state index contributed by atoms with van der Waals surface area (Å²) in [7, 11) is 0. The summed E-state index contributed by atoms with van der Waals surface area (Å²) in [5.74, 6) is 0.362. The first kappa shape index (κ1) is 21.0. The van der Waals surface area contributed by atoms with Gasteiger partial charge in [-0.2, -0.15) is 5.10 Å². The Morgan fingerprint density at radius 2 is 1.94 bits per heavy atom. The fraction of sp³-hybridized carbons (Fsp3) is 0.217. The topological polar surface area (TPSA) is 93.8 Å². The summed E-state index contributed by atoms with van der Waals surface area (Å²) in [4.78, 5) is 29.1. The molecule has 0 atom stereocenters. The van der Waals surface area contributed by atoms with Crippen molar-refractivity contribution in [2.24, 2.45) is 5.10 Å². The smallest absolute Gasteiger partial charge is 0.379 e. The molecule has 0 bridgehead atoms. The number of hydrazone groups is 1. The molecule has 4 rings (SSSR count). The van der Waals surface area contributed by atoms with Gasteiger partial charge < -0.3 is 9.15 Å². The fourth-order valence-corrected chi connectivity index (χ4v) is 3.82. The lowest BCUT2D eigenvalue weighted by Gasteiger charge is -2.13.